The monoisotopic (exact) mass is 320 g/mol. The van der Waals surface area contributed by atoms with Gasteiger partial charge in [0.2, 0.25) is 0 Å². The Labute approximate surface area is 135 Å². The third-order valence-corrected chi connectivity index (χ3v) is 5.20. The van der Waals surface area contributed by atoms with Gasteiger partial charge in [-0.1, -0.05) is 0 Å². The van der Waals surface area contributed by atoms with Gasteiger partial charge < -0.3 is 19.8 Å². The first-order valence-corrected chi connectivity index (χ1v) is 8.07. The first kappa shape index (κ1) is 16.2. The summed E-state index contributed by atoms with van der Waals surface area (Å²) in [5.74, 6) is 0.379. The van der Waals surface area contributed by atoms with Gasteiger partial charge in [-0.3, -0.25) is 9.59 Å². The van der Waals surface area contributed by atoms with E-state index >= 15 is 0 Å². The lowest BCUT2D eigenvalue weighted by molar-refractivity contribution is -0.0809. The van der Waals surface area contributed by atoms with Gasteiger partial charge in [-0.25, -0.2) is 0 Å². The van der Waals surface area contributed by atoms with E-state index in [4.69, 9.17) is 9.47 Å². The van der Waals surface area contributed by atoms with Gasteiger partial charge in [0.1, 0.15) is 0 Å². The van der Waals surface area contributed by atoms with E-state index in [2.05, 4.69) is 10.3 Å². The summed E-state index contributed by atoms with van der Waals surface area (Å²) >= 11 is 0. The van der Waals surface area contributed by atoms with E-state index < -0.39 is 0 Å². The van der Waals surface area contributed by atoms with E-state index in [1.807, 2.05) is 13.8 Å². The summed E-state index contributed by atoms with van der Waals surface area (Å²) < 4.78 is 11.0. The number of carbonyl (C=O) groups is 2. The van der Waals surface area contributed by atoms with Gasteiger partial charge in [0, 0.05) is 44.2 Å². The lowest BCUT2D eigenvalue weighted by Crippen LogP contribution is -2.62. The van der Waals surface area contributed by atoms with Crippen molar-refractivity contribution in [1.29, 1.82) is 0 Å². The second-order valence-corrected chi connectivity index (χ2v) is 6.59. The molecule has 6 heteroatoms. The third kappa shape index (κ3) is 2.60. The maximum atomic E-state index is 12.7. The number of fused-ring (bicyclic) bond motifs is 1. The maximum absolute atomic E-state index is 12.7. The van der Waals surface area contributed by atoms with E-state index in [1.54, 1.807) is 7.11 Å². The van der Waals surface area contributed by atoms with E-state index in [1.165, 1.54) is 6.92 Å². The van der Waals surface area contributed by atoms with Crippen LogP contribution < -0.4 is 5.32 Å². The molecule has 1 aromatic heterocycles. The summed E-state index contributed by atoms with van der Waals surface area (Å²) in [7, 11) is 1.67. The van der Waals surface area contributed by atoms with Gasteiger partial charge in [0.05, 0.1) is 24.0 Å². The van der Waals surface area contributed by atoms with Crippen LogP contribution in [-0.2, 0) is 9.47 Å². The minimum atomic E-state index is -0.125. The van der Waals surface area contributed by atoms with Crippen LogP contribution in [0.2, 0.25) is 0 Å². The quantitative estimate of drug-likeness (QED) is 0.808. The minimum absolute atomic E-state index is 0.0604. The lowest BCUT2D eigenvalue weighted by atomic mass is 9.67. The normalized spacial score (nSPS) is 29.0. The van der Waals surface area contributed by atoms with Crippen LogP contribution in [0.5, 0.6) is 0 Å². The summed E-state index contributed by atoms with van der Waals surface area (Å²) in [6.07, 6.45) is 1.17. The fourth-order valence-corrected chi connectivity index (χ4v) is 4.10. The number of rotatable bonds is 5. The molecule has 2 N–H and O–H groups in total. The fraction of sp³-hybridized carbons (Fsp3) is 0.647. The van der Waals surface area contributed by atoms with Crippen molar-refractivity contribution in [3.8, 4) is 0 Å². The molecule has 23 heavy (non-hydrogen) atoms. The summed E-state index contributed by atoms with van der Waals surface area (Å²) in [6.45, 7) is 6.46. The predicted octanol–water partition coefficient (Wildman–Crippen LogP) is 1.61. The van der Waals surface area contributed by atoms with E-state index in [-0.39, 0.29) is 29.8 Å². The molecule has 2 aliphatic rings. The molecular formula is C17H24N2O4. The first-order valence-electron chi connectivity index (χ1n) is 8.07. The highest BCUT2D eigenvalue weighted by Crippen LogP contribution is 2.44. The number of hydrogen-bond donors (Lipinski definition) is 2. The van der Waals surface area contributed by atoms with Crippen LogP contribution in [0.15, 0.2) is 0 Å². The van der Waals surface area contributed by atoms with Crippen molar-refractivity contribution in [1.82, 2.24) is 10.3 Å². The summed E-state index contributed by atoms with van der Waals surface area (Å²) in [4.78, 5) is 27.4. The molecule has 1 aliphatic heterocycles. The standard InChI is InChI=1S/C17H24N2O4/c1-8-13(9(2)18-14(8)10(3)20)17(21)19-15-11-5-6-23-16(11)12(15)7-22-4/h11-12,15-16,18H,5-7H2,1-4H3,(H,19,21)/t11-,12+,15+,16-/m0/s1. The van der Waals surface area contributed by atoms with Crippen molar-refractivity contribution in [2.75, 3.05) is 20.3 Å². The molecule has 1 aromatic rings. The number of methoxy groups -OCH3 is 1. The number of ether oxygens (including phenoxy) is 2. The molecule has 1 amide bonds. The number of aromatic amines is 1. The molecule has 0 radical (unpaired) electrons. The van der Waals surface area contributed by atoms with E-state index in [0.717, 1.165) is 18.7 Å². The van der Waals surface area contributed by atoms with Gasteiger partial charge in [-0.2, -0.15) is 0 Å². The zero-order valence-corrected chi connectivity index (χ0v) is 14.1. The van der Waals surface area contributed by atoms with Crippen molar-refractivity contribution in [3.63, 3.8) is 0 Å². The highest BCUT2D eigenvalue weighted by molar-refractivity contribution is 6.02. The van der Waals surface area contributed by atoms with E-state index in [9.17, 15) is 9.59 Å². The molecule has 0 spiro atoms. The summed E-state index contributed by atoms with van der Waals surface area (Å²) in [6, 6.07) is 0.0735. The van der Waals surface area contributed by atoms with Crippen molar-refractivity contribution >= 4 is 11.7 Å². The van der Waals surface area contributed by atoms with Gasteiger partial charge in [-0.15, -0.1) is 0 Å². The molecule has 0 unspecified atom stereocenters. The number of Topliss-reactive ketones (excluding diaryl/α,β-unsaturated/α-hetero) is 1. The van der Waals surface area contributed by atoms with Crippen LogP contribution in [0.4, 0.5) is 0 Å². The zero-order valence-electron chi connectivity index (χ0n) is 14.1. The molecule has 1 saturated carbocycles. The first-order chi connectivity index (χ1) is 11.0. The fourth-order valence-electron chi connectivity index (χ4n) is 4.10. The van der Waals surface area contributed by atoms with Crippen molar-refractivity contribution in [2.24, 2.45) is 11.8 Å². The van der Waals surface area contributed by atoms with Crippen LogP contribution in [-0.4, -0.2) is 49.1 Å². The van der Waals surface area contributed by atoms with Crippen molar-refractivity contribution in [3.05, 3.63) is 22.5 Å². The molecule has 2 fully saturated rings. The molecular weight excluding hydrogens is 296 g/mol. The smallest absolute Gasteiger partial charge is 0.253 e. The average molecular weight is 320 g/mol. The number of H-pyrrole nitrogens is 1. The molecule has 2 heterocycles. The lowest BCUT2D eigenvalue weighted by Gasteiger charge is -2.47. The van der Waals surface area contributed by atoms with Crippen molar-refractivity contribution in [2.45, 2.75) is 39.3 Å². The zero-order chi connectivity index (χ0) is 16.7. The number of carbonyl (C=O) groups excluding carboxylic acids is 2. The average Bonchev–Trinajstić information content (AvgIpc) is 3.04. The van der Waals surface area contributed by atoms with Crippen LogP contribution in [0.1, 0.15) is 45.4 Å². The maximum Gasteiger partial charge on any atom is 0.253 e. The number of aryl methyl sites for hydroxylation is 1. The van der Waals surface area contributed by atoms with Gasteiger partial charge in [0.25, 0.3) is 5.91 Å². The van der Waals surface area contributed by atoms with Crippen molar-refractivity contribution < 1.29 is 19.1 Å². The third-order valence-electron chi connectivity index (χ3n) is 5.20. The highest BCUT2D eigenvalue weighted by Gasteiger charge is 2.54. The number of ketones is 1. The number of nitrogens with one attached hydrogen (secondary N) is 2. The van der Waals surface area contributed by atoms with Gasteiger partial charge in [0.15, 0.2) is 5.78 Å². The Bertz CT molecular complexity index is 637. The second kappa shape index (κ2) is 6.09. The SMILES string of the molecule is COC[C@@H]1[C@H](NC(=O)c2c(C)[nH]c(C(C)=O)c2C)[C@@H]2CCO[C@H]12. The number of aromatic nitrogens is 1. The molecule has 1 saturated heterocycles. The Morgan fingerprint density at radius 1 is 1.39 bits per heavy atom. The molecule has 3 rings (SSSR count). The topological polar surface area (TPSA) is 80.4 Å². The Kier molecular flexibility index (Phi) is 4.29. The Hall–Kier alpha value is -1.66. The highest BCUT2D eigenvalue weighted by atomic mass is 16.5. The predicted molar refractivity (Wildman–Crippen MR) is 84.7 cm³/mol. The van der Waals surface area contributed by atoms with E-state index in [0.29, 0.717) is 29.3 Å². The molecule has 0 aromatic carbocycles. The van der Waals surface area contributed by atoms with Crippen LogP contribution in [0, 0.1) is 25.7 Å². The van der Waals surface area contributed by atoms with Crippen LogP contribution >= 0.6 is 0 Å². The van der Waals surface area contributed by atoms with Crippen LogP contribution in [0.25, 0.3) is 0 Å². The minimum Gasteiger partial charge on any atom is -0.384 e. The van der Waals surface area contributed by atoms with Crippen LogP contribution in [0.3, 0.4) is 0 Å². The summed E-state index contributed by atoms with van der Waals surface area (Å²) in [5.41, 5.74) is 2.53. The molecule has 6 nitrogen and oxygen atoms in total. The molecule has 4 atom stereocenters. The molecule has 0 bridgehead atoms. The largest absolute Gasteiger partial charge is 0.384 e. The van der Waals surface area contributed by atoms with Gasteiger partial charge in [-0.05, 0) is 25.8 Å². The molecule has 126 valence electrons. The number of hydrogen-bond acceptors (Lipinski definition) is 4. The molecule has 1 aliphatic carbocycles. The number of amides is 1. The summed E-state index contributed by atoms with van der Waals surface area (Å²) in [5, 5.41) is 3.14. The Morgan fingerprint density at radius 3 is 2.74 bits per heavy atom. The Balaban J connectivity index is 1.78. The van der Waals surface area contributed by atoms with Gasteiger partial charge >= 0.3 is 0 Å². The second-order valence-electron chi connectivity index (χ2n) is 6.59. The Morgan fingerprint density at radius 2 is 2.13 bits per heavy atom.